The molecule has 0 bridgehead atoms. The molecule has 30 heavy (non-hydrogen) atoms. The Morgan fingerprint density at radius 3 is 2.67 bits per heavy atom. The van der Waals surface area contributed by atoms with Crippen LogP contribution in [0.1, 0.15) is 0 Å². The number of fused-ring (bicyclic) bond motifs is 1. The Morgan fingerprint density at radius 2 is 1.87 bits per heavy atom. The van der Waals surface area contributed by atoms with Gasteiger partial charge in [0.15, 0.2) is 0 Å². The maximum Gasteiger partial charge on any atom is 0.274 e. The minimum Gasteiger partial charge on any atom is -0.378 e. The van der Waals surface area contributed by atoms with Crippen molar-refractivity contribution >= 4 is 28.0 Å². The summed E-state index contributed by atoms with van der Waals surface area (Å²) in [6.45, 7) is 3.09. The largest absolute Gasteiger partial charge is 0.378 e. The molecule has 0 aliphatic carbocycles. The van der Waals surface area contributed by atoms with Gasteiger partial charge in [-0.3, -0.25) is 9.89 Å². The molecule has 4 aromatic rings. The lowest BCUT2D eigenvalue weighted by Gasteiger charge is -2.30. The molecule has 7 heteroatoms. The van der Waals surface area contributed by atoms with Crippen LogP contribution in [0.3, 0.4) is 0 Å². The number of ether oxygens (including phenoxy) is 1. The van der Waals surface area contributed by atoms with Crippen molar-refractivity contribution in [2.24, 2.45) is 7.05 Å². The second-order valence-corrected chi connectivity index (χ2v) is 7.41. The van der Waals surface area contributed by atoms with E-state index in [0.717, 1.165) is 46.6 Å². The number of hydrogen-bond acceptors (Lipinski definition) is 5. The van der Waals surface area contributed by atoms with E-state index in [2.05, 4.69) is 32.5 Å². The topological polar surface area (TPSA) is 75.2 Å². The average Bonchev–Trinajstić information content (AvgIpc) is 3.33. The van der Waals surface area contributed by atoms with Crippen molar-refractivity contribution in [3.63, 3.8) is 0 Å². The van der Waals surface area contributed by atoms with E-state index >= 15 is 0 Å². The smallest absolute Gasteiger partial charge is 0.274 e. The molecule has 1 saturated heterocycles. The van der Waals surface area contributed by atoms with Crippen LogP contribution in [0.15, 0.2) is 65.6 Å². The van der Waals surface area contributed by atoms with Gasteiger partial charge in [-0.2, -0.15) is 5.10 Å². The molecule has 1 fully saturated rings. The zero-order valence-corrected chi connectivity index (χ0v) is 16.8. The monoisotopic (exact) mass is 401 g/mol. The van der Waals surface area contributed by atoms with E-state index in [9.17, 15) is 4.79 Å². The van der Waals surface area contributed by atoms with Crippen molar-refractivity contribution in [3.05, 3.63) is 71.1 Å². The van der Waals surface area contributed by atoms with Crippen LogP contribution in [0, 0.1) is 0 Å². The minimum absolute atomic E-state index is 0.0615. The standard InChI is InChI=1S/C23H23N5O2/c1-27-21-7-6-16(18-8-9-24-26-18)14-17(21)15-20(23(27)29)25-19-4-2-3-5-22(19)28-10-12-30-13-11-28/h2-9,14-15,25H,10-13H2,1H3,(H,24,26). The van der Waals surface area contributed by atoms with Crippen LogP contribution >= 0.6 is 0 Å². The van der Waals surface area contributed by atoms with Gasteiger partial charge in [-0.05, 0) is 36.4 Å². The number of pyridine rings is 1. The molecular weight excluding hydrogens is 378 g/mol. The molecule has 0 unspecified atom stereocenters. The molecule has 3 heterocycles. The molecular formula is C23H23N5O2. The second kappa shape index (κ2) is 7.68. The van der Waals surface area contributed by atoms with E-state index < -0.39 is 0 Å². The Morgan fingerprint density at radius 1 is 1.03 bits per heavy atom. The van der Waals surface area contributed by atoms with Crippen molar-refractivity contribution in [2.75, 3.05) is 36.5 Å². The first-order valence-electron chi connectivity index (χ1n) is 10.0. The number of benzene rings is 2. The predicted molar refractivity (Wildman–Crippen MR) is 120 cm³/mol. The van der Waals surface area contributed by atoms with Gasteiger partial charge in [0.25, 0.3) is 5.56 Å². The highest BCUT2D eigenvalue weighted by Gasteiger charge is 2.16. The van der Waals surface area contributed by atoms with Gasteiger partial charge in [-0.15, -0.1) is 0 Å². The van der Waals surface area contributed by atoms with Crippen molar-refractivity contribution in [1.82, 2.24) is 14.8 Å². The van der Waals surface area contributed by atoms with Gasteiger partial charge in [0.1, 0.15) is 5.69 Å². The highest BCUT2D eigenvalue weighted by molar-refractivity contribution is 5.88. The number of rotatable bonds is 4. The number of nitrogens with one attached hydrogen (secondary N) is 2. The fourth-order valence-corrected chi connectivity index (χ4v) is 3.96. The van der Waals surface area contributed by atoms with E-state index in [0.29, 0.717) is 18.9 Å². The highest BCUT2D eigenvalue weighted by atomic mass is 16.5. The Hall–Kier alpha value is -3.58. The third-order valence-corrected chi connectivity index (χ3v) is 5.56. The van der Waals surface area contributed by atoms with Gasteiger partial charge in [0.05, 0.1) is 35.8 Å². The number of aromatic nitrogens is 3. The number of morpholine rings is 1. The quantitative estimate of drug-likeness (QED) is 0.547. The molecule has 0 atom stereocenters. The van der Waals surface area contributed by atoms with Crippen LogP contribution in [-0.2, 0) is 11.8 Å². The number of nitrogens with zero attached hydrogens (tertiary/aromatic N) is 3. The van der Waals surface area contributed by atoms with Gasteiger partial charge in [0, 0.05) is 37.3 Å². The molecule has 2 aromatic heterocycles. The number of H-pyrrole nitrogens is 1. The summed E-state index contributed by atoms with van der Waals surface area (Å²) in [5.41, 5.74) is 5.34. The fraction of sp³-hybridized carbons (Fsp3) is 0.217. The SMILES string of the molecule is Cn1c(=O)c(Nc2ccccc2N2CCOCC2)cc2cc(-c3ccn[nH]3)ccc21. The average molecular weight is 401 g/mol. The van der Waals surface area contributed by atoms with Crippen molar-refractivity contribution in [1.29, 1.82) is 0 Å². The molecule has 5 rings (SSSR count). The van der Waals surface area contributed by atoms with Gasteiger partial charge in [0.2, 0.25) is 0 Å². The van der Waals surface area contributed by atoms with Crippen LogP contribution in [0.4, 0.5) is 17.1 Å². The molecule has 1 aliphatic rings. The number of aryl methyl sites for hydroxylation is 1. The van der Waals surface area contributed by atoms with Crippen LogP contribution in [0.25, 0.3) is 22.2 Å². The number of hydrogen-bond donors (Lipinski definition) is 2. The Bertz CT molecular complexity index is 1240. The van der Waals surface area contributed by atoms with E-state index in [-0.39, 0.29) is 5.56 Å². The molecule has 7 nitrogen and oxygen atoms in total. The normalized spacial score (nSPS) is 14.2. The Labute approximate surface area is 173 Å². The maximum absolute atomic E-state index is 13.0. The summed E-state index contributed by atoms with van der Waals surface area (Å²) in [5.74, 6) is 0. The van der Waals surface area contributed by atoms with Crippen LogP contribution < -0.4 is 15.8 Å². The van der Waals surface area contributed by atoms with Crippen LogP contribution in [0.2, 0.25) is 0 Å². The summed E-state index contributed by atoms with van der Waals surface area (Å²) in [5, 5.41) is 11.4. The van der Waals surface area contributed by atoms with Gasteiger partial charge >= 0.3 is 0 Å². The van der Waals surface area contributed by atoms with E-state index in [1.165, 1.54) is 0 Å². The summed E-state index contributed by atoms with van der Waals surface area (Å²) in [7, 11) is 1.81. The fourth-order valence-electron chi connectivity index (χ4n) is 3.96. The maximum atomic E-state index is 13.0. The lowest BCUT2D eigenvalue weighted by molar-refractivity contribution is 0.123. The van der Waals surface area contributed by atoms with Crippen molar-refractivity contribution in [2.45, 2.75) is 0 Å². The molecule has 2 aromatic carbocycles. The van der Waals surface area contributed by atoms with Crippen LogP contribution in [-0.4, -0.2) is 41.1 Å². The van der Waals surface area contributed by atoms with E-state index in [1.54, 1.807) is 17.8 Å². The molecule has 1 aliphatic heterocycles. The molecule has 2 N–H and O–H groups in total. The lowest BCUT2D eigenvalue weighted by atomic mass is 10.1. The molecule has 152 valence electrons. The van der Waals surface area contributed by atoms with Crippen molar-refractivity contribution in [3.8, 4) is 11.3 Å². The zero-order chi connectivity index (χ0) is 20.5. The number of aromatic amines is 1. The Kier molecular flexibility index (Phi) is 4.72. The minimum atomic E-state index is -0.0615. The third kappa shape index (κ3) is 3.33. The molecule has 0 saturated carbocycles. The van der Waals surface area contributed by atoms with Gasteiger partial charge in [-0.1, -0.05) is 18.2 Å². The third-order valence-electron chi connectivity index (χ3n) is 5.56. The zero-order valence-electron chi connectivity index (χ0n) is 16.8. The molecule has 0 spiro atoms. The number of para-hydroxylation sites is 2. The summed E-state index contributed by atoms with van der Waals surface area (Å²) < 4.78 is 7.17. The van der Waals surface area contributed by atoms with Gasteiger partial charge in [-0.25, -0.2) is 0 Å². The summed E-state index contributed by atoms with van der Waals surface area (Å²) in [4.78, 5) is 15.3. The Balaban J connectivity index is 1.56. The van der Waals surface area contributed by atoms with Crippen molar-refractivity contribution < 1.29 is 4.74 Å². The number of anilines is 3. The predicted octanol–water partition coefficient (Wildman–Crippen LogP) is 3.51. The molecule has 0 amide bonds. The summed E-state index contributed by atoms with van der Waals surface area (Å²) in [6, 6.07) is 18.0. The summed E-state index contributed by atoms with van der Waals surface area (Å²) in [6.07, 6.45) is 1.73. The van der Waals surface area contributed by atoms with E-state index in [1.807, 2.05) is 42.5 Å². The molecule has 0 radical (unpaired) electrons. The summed E-state index contributed by atoms with van der Waals surface area (Å²) >= 11 is 0. The highest BCUT2D eigenvalue weighted by Crippen LogP contribution is 2.30. The van der Waals surface area contributed by atoms with Crippen LogP contribution in [0.5, 0.6) is 0 Å². The second-order valence-electron chi connectivity index (χ2n) is 7.41. The first-order chi connectivity index (χ1) is 14.7. The first kappa shape index (κ1) is 18.4. The lowest BCUT2D eigenvalue weighted by Crippen LogP contribution is -2.36. The van der Waals surface area contributed by atoms with E-state index in [4.69, 9.17) is 4.74 Å². The first-order valence-corrected chi connectivity index (χ1v) is 10.0. The van der Waals surface area contributed by atoms with Gasteiger partial charge < -0.3 is 19.5 Å².